The van der Waals surface area contributed by atoms with Crippen LogP contribution in [0.25, 0.3) is 0 Å². The molecule has 0 amide bonds. The van der Waals surface area contributed by atoms with Gasteiger partial charge in [-0.3, -0.25) is 4.90 Å². The Morgan fingerprint density at radius 3 is 2.50 bits per heavy atom. The van der Waals surface area contributed by atoms with Gasteiger partial charge in [0.05, 0.1) is 12.2 Å². The summed E-state index contributed by atoms with van der Waals surface area (Å²) in [4.78, 5) is 2.16. The predicted octanol–water partition coefficient (Wildman–Crippen LogP) is 1.78. The van der Waals surface area contributed by atoms with Crippen molar-refractivity contribution >= 4 is 0 Å². The minimum atomic E-state index is -0.624. The van der Waals surface area contributed by atoms with Gasteiger partial charge >= 0.3 is 0 Å². The van der Waals surface area contributed by atoms with Crippen LogP contribution in [0.15, 0.2) is 30.3 Å². The maximum Gasteiger partial charge on any atom is 0.0953 e. The topological polar surface area (TPSA) is 43.7 Å². The molecule has 1 aliphatic rings. The fourth-order valence-electron chi connectivity index (χ4n) is 2.77. The minimum Gasteiger partial charge on any atom is -0.390 e. The summed E-state index contributed by atoms with van der Waals surface area (Å²) in [7, 11) is 2.03. The standard InChI is InChI=1S/C15H23NO2/c1-16(11-12-7-3-2-4-8-12)13-9-5-6-10-14(17)15(13)18/h2-4,7-8,13-15,17-18H,5-6,9-11H2,1H3. The van der Waals surface area contributed by atoms with Crippen LogP contribution in [0.4, 0.5) is 0 Å². The van der Waals surface area contributed by atoms with E-state index in [0.29, 0.717) is 0 Å². The smallest absolute Gasteiger partial charge is 0.0953 e. The lowest BCUT2D eigenvalue weighted by molar-refractivity contribution is -0.0318. The first-order chi connectivity index (χ1) is 8.68. The highest BCUT2D eigenvalue weighted by molar-refractivity contribution is 5.14. The SMILES string of the molecule is CN(Cc1ccccc1)C1CCCCC(O)C1O. The summed E-state index contributed by atoms with van der Waals surface area (Å²) in [6.07, 6.45) is 2.57. The molecule has 0 spiro atoms. The third kappa shape index (κ3) is 3.31. The number of benzene rings is 1. The number of aliphatic hydroxyl groups excluding tert-OH is 2. The Morgan fingerprint density at radius 1 is 1.11 bits per heavy atom. The monoisotopic (exact) mass is 249 g/mol. The lowest BCUT2D eigenvalue weighted by atomic mass is 10.0. The molecule has 3 atom stereocenters. The summed E-state index contributed by atoms with van der Waals surface area (Å²) >= 11 is 0. The van der Waals surface area contributed by atoms with Crippen LogP contribution in [0.1, 0.15) is 31.2 Å². The average Bonchev–Trinajstić information content (AvgIpc) is 2.54. The van der Waals surface area contributed by atoms with E-state index in [1.165, 1.54) is 5.56 Å². The highest BCUT2D eigenvalue weighted by atomic mass is 16.3. The number of aliphatic hydroxyl groups is 2. The van der Waals surface area contributed by atoms with Crippen molar-refractivity contribution in [3.63, 3.8) is 0 Å². The maximum absolute atomic E-state index is 10.2. The fourth-order valence-corrected chi connectivity index (χ4v) is 2.77. The molecule has 1 aromatic rings. The van der Waals surface area contributed by atoms with Gasteiger partial charge < -0.3 is 10.2 Å². The molecule has 2 rings (SSSR count). The van der Waals surface area contributed by atoms with E-state index < -0.39 is 12.2 Å². The van der Waals surface area contributed by atoms with E-state index in [-0.39, 0.29) is 6.04 Å². The van der Waals surface area contributed by atoms with Crippen LogP contribution in [0.3, 0.4) is 0 Å². The van der Waals surface area contributed by atoms with Crippen LogP contribution in [0.2, 0.25) is 0 Å². The Morgan fingerprint density at radius 2 is 1.78 bits per heavy atom. The van der Waals surface area contributed by atoms with Crippen LogP contribution in [0.5, 0.6) is 0 Å². The summed E-state index contributed by atoms with van der Waals surface area (Å²) < 4.78 is 0. The van der Waals surface area contributed by atoms with Crippen molar-refractivity contribution < 1.29 is 10.2 Å². The van der Waals surface area contributed by atoms with Gasteiger partial charge in [0.25, 0.3) is 0 Å². The molecule has 1 saturated carbocycles. The van der Waals surface area contributed by atoms with E-state index in [1.807, 2.05) is 25.2 Å². The van der Waals surface area contributed by atoms with Gasteiger partial charge in [-0.15, -0.1) is 0 Å². The lowest BCUT2D eigenvalue weighted by Gasteiger charge is -2.32. The van der Waals surface area contributed by atoms with E-state index in [9.17, 15) is 10.2 Å². The molecule has 0 saturated heterocycles. The average molecular weight is 249 g/mol. The zero-order chi connectivity index (χ0) is 13.0. The number of likely N-dealkylation sites (N-methyl/N-ethyl adjacent to an activating group) is 1. The Balaban J connectivity index is 2.00. The maximum atomic E-state index is 10.2. The molecule has 0 bridgehead atoms. The van der Waals surface area contributed by atoms with Crippen molar-refractivity contribution in [1.82, 2.24) is 4.90 Å². The molecular formula is C15H23NO2. The largest absolute Gasteiger partial charge is 0.390 e. The summed E-state index contributed by atoms with van der Waals surface area (Å²) in [6, 6.07) is 10.3. The van der Waals surface area contributed by atoms with Gasteiger partial charge in [-0.2, -0.15) is 0 Å². The van der Waals surface area contributed by atoms with E-state index >= 15 is 0 Å². The molecule has 1 aromatic carbocycles. The van der Waals surface area contributed by atoms with E-state index in [1.54, 1.807) is 0 Å². The molecule has 1 fully saturated rings. The third-order valence-corrected chi connectivity index (χ3v) is 3.88. The number of nitrogens with zero attached hydrogens (tertiary/aromatic N) is 1. The van der Waals surface area contributed by atoms with Gasteiger partial charge in [-0.1, -0.05) is 43.2 Å². The zero-order valence-corrected chi connectivity index (χ0v) is 11.0. The Labute approximate surface area is 109 Å². The third-order valence-electron chi connectivity index (χ3n) is 3.88. The van der Waals surface area contributed by atoms with Crippen LogP contribution >= 0.6 is 0 Å². The van der Waals surface area contributed by atoms with E-state index in [0.717, 1.165) is 32.2 Å². The van der Waals surface area contributed by atoms with Gasteiger partial charge in [0, 0.05) is 12.6 Å². The summed E-state index contributed by atoms with van der Waals surface area (Å²) in [5.41, 5.74) is 1.24. The molecule has 2 N–H and O–H groups in total. The summed E-state index contributed by atoms with van der Waals surface area (Å²) in [5.74, 6) is 0. The number of hydrogen-bond donors (Lipinski definition) is 2. The normalized spacial score (nSPS) is 29.2. The summed E-state index contributed by atoms with van der Waals surface area (Å²) in [6.45, 7) is 0.815. The van der Waals surface area contributed by atoms with Crippen LogP contribution in [0, 0.1) is 0 Å². The van der Waals surface area contributed by atoms with Crippen molar-refractivity contribution in [2.75, 3.05) is 7.05 Å². The number of hydrogen-bond acceptors (Lipinski definition) is 3. The van der Waals surface area contributed by atoms with Gasteiger partial charge in [-0.05, 0) is 25.5 Å². The molecule has 3 unspecified atom stereocenters. The van der Waals surface area contributed by atoms with E-state index in [2.05, 4.69) is 17.0 Å². The van der Waals surface area contributed by atoms with Crippen LogP contribution in [-0.4, -0.2) is 40.4 Å². The summed E-state index contributed by atoms with van der Waals surface area (Å²) in [5, 5.41) is 20.0. The van der Waals surface area contributed by atoms with E-state index in [4.69, 9.17) is 0 Å². The molecule has 3 nitrogen and oxygen atoms in total. The highest BCUT2D eigenvalue weighted by Gasteiger charge is 2.31. The second kappa shape index (κ2) is 6.32. The molecule has 0 radical (unpaired) electrons. The Bertz CT molecular complexity index is 355. The molecular weight excluding hydrogens is 226 g/mol. The molecule has 18 heavy (non-hydrogen) atoms. The van der Waals surface area contributed by atoms with Gasteiger partial charge in [0.1, 0.15) is 0 Å². The Hall–Kier alpha value is -0.900. The first kappa shape index (κ1) is 13.5. The second-order valence-electron chi connectivity index (χ2n) is 5.31. The quantitative estimate of drug-likeness (QED) is 0.803. The van der Waals surface area contributed by atoms with Crippen molar-refractivity contribution in [3.05, 3.63) is 35.9 Å². The van der Waals surface area contributed by atoms with Crippen molar-refractivity contribution in [1.29, 1.82) is 0 Å². The first-order valence-electron chi connectivity index (χ1n) is 6.79. The Kier molecular flexibility index (Phi) is 4.75. The fraction of sp³-hybridized carbons (Fsp3) is 0.600. The van der Waals surface area contributed by atoms with Crippen molar-refractivity contribution in [2.45, 2.75) is 50.5 Å². The lowest BCUT2D eigenvalue weighted by Crippen LogP contribution is -2.45. The van der Waals surface area contributed by atoms with Crippen LogP contribution < -0.4 is 0 Å². The van der Waals surface area contributed by atoms with Crippen molar-refractivity contribution in [2.24, 2.45) is 0 Å². The van der Waals surface area contributed by atoms with Gasteiger partial charge in [0.15, 0.2) is 0 Å². The van der Waals surface area contributed by atoms with Crippen LogP contribution in [-0.2, 0) is 6.54 Å². The van der Waals surface area contributed by atoms with Gasteiger partial charge in [-0.25, -0.2) is 0 Å². The molecule has 100 valence electrons. The molecule has 0 aromatic heterocycles. The molecule has 0 heterocycles. The molecule has 0 aliphatic heterocycles. The molecule has 3 heteroatoms. The highest BCUT2D eigenvalue weighted by Crippen LogP contribution is 2.23. The minimum absolute atomic E-state index is 0.0581. The first-order valence-corrected chi connectivity index (χ1v) is 6.79. The second-order valence-corrected chi connectivity index (χ2v) is 5.31. The predicted molar refractivity (Wildman–Crippen MR) is 72.2 cm³/mol. The van der Waals surface area contributed by atoms with Crippen molar-refractivity contribution in [3.8, 4) is 0 Å². The van der Waals surface area contributed by atoms with Gasteiger partial charge in [0.2, 0.25) is 0 Å². The number of rotatable bonds is 3. The molecule has 1 aliphatic carbocycles. The zero-order valence-electron chi connectivity index (χ0n) is 11.0.